The van der Waals surface area contributed by atoms with E-state index in [0.29, 0.717) is 22.9 Å². The van der Waals surface area contributed by atoms with Gasteiger partial charge in [0.1, 0.15) is 5.82 Å². The summed E-state index contributed by atoms with van der Waals surface area (Å²) in [6, 6.07) is 1.69. The number of carbonyl (C=O) groups is 1. The molecule has 20 heavy (non-hydrogen) atoms. The van der Waals surface area contributed by atoms with Gasteiger partial charge in [-0.05, 0) is 32.6 Å². The van der Waals surface area contributed by atoms with Gasteiger partial charge in [0.05, 0.1) is 10.6 Å². The molecule has 6 heteroatoms. The number of amides is 1. The van der Waals surface area contributed by atoms with Crippen molar-refractivity contribution in [2.75, 3.05) is 24.7 Å². The number of nitrogens with zero attached hydrogens (tertiary/aromatic N) is 1. The second-order valence-electron chi connectivity index (χ2n) is 5.12. The molecule has 0 aromatic carbocycles. The van der Waals surface area contributed by atoms with Crippen LogP contribution in [0.4, 0.5) is 5.82 Å². The molecule has 0 saturated heterocycles. The number of pyridine rings is 1. The Kier molecular flexibility index (Phi) is 6.62. The van der Waals surface area contributed by atoms with Crippen LogP contribution in [-0.2, 0) is 0 Å². The fourth-order valence-electron chi connectivity index (χ4n) is 1.42. The van der Waals surface area contributed by atoms with Crippen LogP contribution in [0, 0.1) is 0 Å². The Bertz CT molecular complexity index is 466. The minimum atomic E-state index is -0.168. The van der Waals surface area contributed by atoms with Gasteiger partial charge in [-0.3, -0.25) is 4.79 Å². The number of anilines is 1. The van der Waals surface area contributed by atoms with Crippen molar-refractivity contribution in [2.24, 2.45) is 0 Å². The van der Waals surface area contributed by atoms with Gasteiger partial charge in [0.2, 0.25) is 0 Å². The van der Waals surface area contributed by atoms with Crippen molar-refractivity contribution in [1.82, 2.24) is 10.3 Å². The SMILES string of the molecule is CCCNc1cc(C(=O)NCC(C)(C)SC)c(Cl)cn1. The Labute approximate surface area is 130 Å². The first-order valence-electron chi connectivity index (χ1n) is 6.62. The van der Waals surface area contributed by atoms with Crippen molar-refractivity contribution in [1.29, 1.82) is 0 Å². The summed E-state index contributed by atoms with van der Waals surface area (Å²) < 4.78 is -0.00153. The Balaban J connectivity index is 2.76. The third-order valence-electron chi connectivity index (χ3n) is 2.88. The summed E-state index contributed by atoms with van der Waals surface area (Å²) >= 11 is 7.76. The van der Waals surface area contributed by atoms with Crippen LogP contribution < -0.4 is 10.6 Å². The Morgan fingerprint density at radius 1 is 1.50 bits per heavy atom. The summed E-state index contributed by atoms with van der Waals surface area (Å²) in [7, 11) is 0. The van der Waals surface area contributed by atoms with Gasteiger partial charge in [-0.2, -0.15) is 11.8 Å². The van der Waals surface area contributed by atoms with Crippen molar-refractivity contribution < 1.29 is 4.79 Å². The van der Waals surface area contributed by atoms with E-state index in [1.54, 1.807) is 17.8 Å². The molecule has 0 fully saturated rings. The summed E-state index contributed by atoms with van der Waals surface area (Å²) in [5.41, 5.74) is 0.456. The predicted octanol–water partition coefficient (Wildman–Crippen LogP) is 3.43. The Morgan fingerprint density at radius 3 is 2.80 bits per heavy atom. The number of hydrogen-bond acceptors (Lipinski definition) is 4. The van der Waals surface area contributed by atoms with E-state index >= 15 is 0 Å². The van der Waals surface area contributed by atoms with E-state index in [1.807, 2.05) is 6.26 Å². The second-order valence-corrected chi connectivity index (χ2v) is 7.04. The number of carbonyl (C=O) groups excluding carboxylic acids is 1. The first-order valence-corrected chi connectivity index (χ1v) is 8.22. The molecule has 0 aliphatic heterocycles. The molecule has 112 valence electrons. The summed E-state index contributed by atoms with van der Waals surface area (Å²) in [5, 5.41) is 6.43. The van der Waals surface area contributed by atoms with Gasteiger partial charge in [-0.25, -0.2) is 4.98 Å². The predicted molar refractivity (Wildman–Crippen MR) is 88.0 cm³/mol. The molecule has 0 aliphatic rings. The molecule has 0 bridgehead atoms. The maximum Gasteiger partial charge on any atom is 0.253 e. The molecule has 0 atom stereocenters. The lowest BCUT2D eigenvalue weighted by molar-refractivity contribution is 0.0951. The summed E-state index contributed by atoms with van der Waals surface area (Å²) in [6.07, 6.45) is 4.53. The first kappa shape index (κ1) is 17.1. The lowest BCUT2D eigenvalue weighted by Crippen LogP contribution is -2.36. The van der Waals surface area contributed by atoms with Gasteiger partial charge < -0.3 is 10.6 Å². The molecule has 0 spiro atoms. The molecule has 1 heterocycles. The third kappa shape index (κ3) is 5.21. The quantitative estimate of drug-likeness (QED) is 0.809. The highest BCUT2D eigenvalue weighted by Gasteiger charge is 2.19. The van der Waals surface area contributed by atoms with Crippen LogP contribution in [-0.4, -0.2) is 35.0 Å². The van der Waals surface area contributed by atoms with Gasteiger partial charge in [0.15, 0.2) is 0 Å². The van der Waals surface area contributed by atoms with Gasteiger partial charge in [-0.1, -0.05) is 18.5 Å². The molecule has 0 radical (unpaired) electrons. The number of hydrogen-bond donors (Lipinski definition) is 2. The molecule has 1 aromatic heterocycles. The van der Waals surface area contributed by atoms with Crippen LogP contribution in [0.15, 0.2) is 12.3 Å². The van der Waals surface area contributed by atoms with E-state index < -0.39 is 0 Å². The largest absolute Gasteiger partial charge is 0.370 e. The molecular formula is C14H22ClN3OS. The van der Waals surface area contributed by atoms with Crippen molar-refractivity contribution in [3.8, 4) is 0 Å². The van der Waals surface area contributed by atoms with Gasteiger partial charge in [0, 0.05) is 24.0 Å². The molecule has 4 nitrogen and oxygen atoms in total. The average Bonchev–Trinajstić information content (AvgIpc) is 2.44. The van der Waals surface area contributed by atoms with Gasteiger partial charge in [0.25, 0.3) is 5.91 Å². The summed E-state index contributed by atoms with van der Waals surface area (Å²) in [4.78, 5) is 16.4. The maximum absolute atomic E-state index is 12.2. The highest BCUT2D eigenvalue weighted by Crippen LogP contribution is 2.21. The van der Waals surface area contributed by atoms with Crippen LogP contribution in [0.3, 0.4) is 0 Å². The average molecular weight is 316 g/mol. The van der Waals surface area contributed by atoms with Crippen LogP contribution >= 0.6 is 23.4 Å². The fourth-order valence-corrected chi connectivity index (χ4v) is 1.83. The van der Waals surface area contributed by atoms with Crippen molar-refractivity contribution in [3.05, 3.63) is 22.8 Å². The maximum atomic E-state index is 12.2. The fraction of sp³-hybridized carbons (Fsp3) is 0.571. The van der Waals surface area contributed by atoms with Crippen molar-refractivity contribution >= 4 is 35.1 Å². The number of thioether (sulfide) groups is 1. The van der Waals surface area contributed by atoms with E-state index in [4.69, 9.17) is 11.6 Å². The third-order valence-corrected chi connectivity index (χ3v) is 4.43. The minimum Gasteiger partial charge on any atom is -0.370 e. The van der Waals surface area contributed by atoms with Crippen LogP contribution in [0.5, 0.6) is 0 Å². The molecule has 1 amide bonds. The van der Waals surface area contributed by atoms with Crippen LogP contribution in [0.25, 0.3) is 0 Å². The zero-order chi connectivity index (χ0) is 15.2. The zero-order valence-corrected chi connectivity index (χ0v) is 14.0. The van der Waals surface area contributed by atoms with E-state index in [2.05, 4.69) is 36.4 Å². The number of halogens is 1. The summed E-state index contributed by atoms with van der Waals surface area (Å²) in [6.45, 7) is 7.64. The normalized spacial score (nSPS) is 11.2. The number of nitrogens with one attached hydrogen (secondary N) is 2. The lowest BCUT2D eigenvalue weighted by atomic mass is 10.2. The smallest absolute Gasteiger partial charge is 0.253 e. The van der Waals surface area contributed by atoms with Gasteiger partial charge >= 0.3 is 0 Å². The zero-order valence-electron chi connectivity index (χ0n) is 12.4. The van der Waals surface area contributed by atoms with Crippen LogP contribution in [0.2, 0.25) is 5.02 Å². The molecule has 1 aromatic rings. The van der Waals surface area contributed by atoms with E-state index in [0.717, 1.165) is 13.0 Å². The summed E-state index contributed by atoms with van der Waals surface area (Å²) in [5.74, 6) is 0.504. The van der Waals surface area contributed by atoms with E-state index in [9.17, 15) is 4.79 Å². The van der Waals surface area contributed by atoms with E-state index in [1.165, 1.54) is 6.20 Å². The first-order chi connectivity index (χ1) is 9.39. The van der Waals surface area contributed by atoms with Crippen molar-refractivity contribution in [2.45, 2.75) is 31.9 Å². The van der Waals surface area contributed by atoms with Crippen molar-refractivity contribution in [3.63, 3.8) is 0 Å². The second kappa shape index (κ2) is 7.74. The topological polar surface area (TPSA) is 54.0 Å². The molecule has 0 saturated carbocycles. The molecule has 1 rings (SSSR count). The molecule has 2 N–H and O–H groups in total. The Hall–Kier alpha value is -0.940. The lowest BCUT2D eigenvalue weighted by Gasteiger charge is -2.22. The van der Waals surface area contributed by atoms with Gasteiger partial charge in [-0.15, -0.1) is 0 Å². The number of rotatable bonds is 7. The molecule has 0 unspecified atom stereocenters. The van der Waals surface area contributed by atoms with Crippen LogP contribution in [0.1, 0.15) is 37.6 Å². The monoisotopic (exact) mass is 315 g/mol. The minimum absolute atomic E-state index is 0.00153. The number of aromatic nitrogens is 1. The highest BCUT2D eigenvalue weighted by atomic mass is 35.5. The van der Waals surface area contributed by atoms with E-state index in [-0.39, 0.29) is 10.7 Å². The highest BCUT2D eigenvalue weighted by molar-refractivity contribution is 7.99. The molecule has 0 aliphatic carbocycles. The Morgan fingerprint density at radius 2 is 2.20 bits per heavy atom. The standard InChI is InChI=1S/C14H22ClN3OS/c1-5-6-16-12-7-10(11(15)8-17-12)13(19)18-9-14(2,3)20-4/h7-8H,5-6,9H2,1-4H3,(H,16,17)(H,18,19). The molecular weight excluding hydrogens is 294 g/mol.